The molecule has 0 saturated heterocycles. The molecule has 6 nitrogen and oxygen atoms in total. The minimum Gasteiger partial charge on any atom is -0.493 e. The average molecular weight is 418 g/mol. The molecule has 0 atom stereocenters. The molecule has 0 aliphatic heterocycles. The fourth-order valence-electron chi connectivity index (χ4n) is 3.93. The van der Waals surface area contributed by atoms with Gasteiger partial charge in [0.25, 0.3) is 11.8 Å². The van der Waals surface area contributed by atoms with Crippen LogP contribution in [0.1, 0.15) is 27.0 Å². The van der Waals surface area contributed by atoms with Gasteiger partial charge in [-0.25, -0.2) is 0 Å². The van der Waals surface area contributed by atoms with Crippen molar-refractivity contribution in [1.82, 2.24) is 10.2 Å². The number of carbonyl (C=O) groups excluding carboxylic acids is 2. The molecule has 0 aromatic heterocycles. The normalized spacial score (nSPS) is 12.0. The summed E-state index contributed by atoms with van der Waals surface area (Å²) in [5, 5.41) is 5.24. The second-order valence-corrected chi connectivity index (χ2v) is 7.86. The topological polar surface area (TPSA) is 67.9 Å². The summed E-state index contributed by atoms with van der Waals surface area (Å²) >= 11 is 0. The van der Waals surface area contributed by atoms with E-state index in [-0.39, 0.29) is 18.4 Å². The van der Waals surface area contributed by atoms with Gasteiger partial charge in [0.1, 0.15) is 0 Å². The zero-order chi connectivity index (χ0) is 22.0. The highest BCUT2D eigenvalue weighted by Gasteiger charge is 2.18. The summed E-state index contributed by atoms with van der Waals surface area (Å²) in [6, 6.07) is 15.6. The van der Waals surface area contributed by atoms with Gasteiger partial charge in [-0.3, -0.25) is 9.59 Å². The Morgan fingerprint density at radius 1 is 1.00 bits per heavy atom. The molecule has 3 aromatic rings. The number of hydrogen-bond donors (Lipinski definition) is 1. The Morgan fingerprint density at radius 2 is 1.77 bits per heavy atom. The number of nitrogens with zero attached hydrogens (tertiary/aromatic N) is 1. The fourth-order valence-corrected chi connectivity index (χ4v) is 3.93. The van der Waals surface area contributed by atoms with Gasteiger partial charge in [-0.2, -0.15) is 0 Å². The molecule has 1 aliphatic carbocycles. The van der Waals surface area contributed by atoms with Gasteiger partial charge in [0, 0.05) is 26.2 Å². The summed E-state index contributed by atoms with van der Waals surface area (Å²) in [4.78, 5) is 26.1. The van der Waals surface area contributed by atoms with E-state index >= 15 is 0 Å². The van der Waals surface area contributed by atoms with Crippen molar-refractivity contribution in [3.8, 4) is 11.5 Å². The summed E-state index contributed by atoms with van der Waals surface area (Å²) in [7, 11) is 4.90. The average Bonchev–Trinajstić information content (AvgIpc) is 3.21. The lowest BCUT2D eigenvalue weighted by Crippen LogP contribution is -2.27. The number of benzene rings is 3. The van der Waals surface area contributed by atoms with Crippen LogP contribution in [0.15, 0.2) is 48.5 Å². The summed E-state index contributed by atoms with van der Waals surface area (Å²) in [6.45, 7) is 0.291. The summed E-state index contributed by atoms with van der Waals surface area (Å²) in [5.41, 5.74) is 4.20. The lowest BCUT2D eigenvalue weighted by atomic mass is 9.99. The third-order valence-electron chi connectivity index (χ3n) is 5.65. The van der Waals surface area contributed by atoms with E-state index in [1.54, 1.807) is 27.3 Å². The lowest BCUT2D eigenvalue weighted by molar-refractivity contribution is -0.130. The number of aryl methyl sites for hydroxylation is 2. The Morgan fingerprint density at radius 3 is 2.52 bits per heavy atom. The van der Waals surface area contributed by atoms with Crippen LogP contribution in [0.2, 0.25) is 0 Å². The third kappa shape index (κ3) is 4.19. The van der Waals surface area contributed by atoms with Crippen molar-refractivity contribution < 1.29 is 19.1 Å². The highest BCUT2D eigenvalue weighted by atomic mass is 16.5. The molecule has 31 heavy (non-hydrogen) atoms. The summed E-state index contributed by atoms with van der Waals surface area (Å²) < 4.78 is 11.0. The zero-order valence-corrected chi connectivity index (χ0v) is 18.0. The predicted molar refractivity (Wildman–Crippen MR) is 120 cm³/mol. The van der Waals surface area contributed by atoms with Crippen molar-refractivity contribution in [3.63, 3.8) is 0 Å². The number of rotatable bonds is 7. The molecular formula is C25H26N2O4. The maximum absolute atomic E-state index is 12.9. The molecule has 1 N–H and O–H groups in total. The second kappa shape index (κ2) is 8.68. The van der Waals surface area contributed by atoms with E-state index in [0.717, 1.165) is 23.8 Å². The van der Waals surface area contributed by atoms with Crippen molar-refractivity contribution in [2.45, 2.75) is 19.4 Å². The van der Waals surface area contributed by atoms with Gasteiger partial charge in [0.15, 0.2) is 18.1 Å². The number of nitrogens with one attached hydrogen (secondary N) is 1. The van der Waals surface area contributed by atoms with Crippen molar-refractivity contribution in [2.75, 3.05) is 27.8 Å². The molecule has 1 aliphatic rings. The van der Waals surface area contributed by atoms with E-state index in [2.05, 4.69) is 17.4 Å². The molecule has 0 spiro atoms. The first-order chi connectivity index (χ1) is 15.0. The Balaban J connectivity index is 1.47. The van der Waals surface area contributed by atoms with Gasteiger partial charge in [-0.1, -0.05) is 30.3 Å². The van der Waals surface area contributed by atoms with Crippen LogP contribution in [0.4, 0.5) is 0 Å². The molecule has 0 bridgehead atoms. The minimum atomic E-state index is -0.135. The van der Waals surface area contributed by atoms with Crippen LogP contribution in [-0.2, 0) is 24.2 Å². The lowest BCUT2D eigenvalue weighted by Gasteiger charge is -2.15. The van der Waals surface area contributed by atoms with E-state index in [4.69, 9.17) is 9.47 Å². The van der Waals surface area contributed by atoms with Gasteiger partial charge in [0.05, 0.1) is 7.11 Å². The number of hydrogen-bond acceptors (Lipinski definition) is 4. The third-order valence-corrected chi connectivity index (χ3v) is 5.65. The largest absolute Gasteiger partial charge is 0.493 e. The van der Waals surface area contributed by atoms with Crippen molar-refractivity contribution in [2.24, 2.45) is 0 Å². The van der Waals surface area contributed by atoms with Crippen molar-refractivity contribution in [1.29, 1.82) is 0 Å². The van der Waals surface area contributed by atoms with E-state index in [9.17, 15) is 9.59 Å². The van der Waals surface area contributed by atoms with Crippen LogP contribution < -0.4 is 14.8 Å². The van der Waals surface area contributed by atoms with Gasteiger partial charge >= 0.3 is 0 Å². The Kier molecular flexibility index (Phi) is 5.80. The predicted octanol–water partition coefficient (Wildman–Crippen LogP) is 3.34. The van der Waals surface area contributed by atoms with Crippen LogP contribution in [0.5, 0.6) is 11.5 Å². The number of amides is 2. The van der Waals surface area contributed by atoms with E-state index < -0.39 is 0 Å². The van der Waals surface area contributed by atoms with Gasteiger partial charge in [0.2, 0.25) is 0 Å². The number of carbonyl (C=O) groups is 2. The molecule has 0 fully saturated rings. The number of ether oxygens (including phenoxy) is 2. The molecule has 160 valence electrons. The van der Waals surface area contributed by atoms with Crippen molar-refractivity contribution >= 4 is 22.6 Å². The molecule has 0 unspecified atom stereocenters. The molecule has 3 aromatic carbocycles. The monoisotopic (exact) mass is 418 g/mol. The smallest absolute Gasteiger partial charge is 0.259 e. The Labute approximate surface area is 181 Å². The number of likely N-dealkylation sites (N-methyl/N-ethyl adjacent to an activating group) is 1. The molecule has 0 heterocycles. The Bertz CT molecular complexity index is 1140. The summed E-state index contributed by atoms with van der Waals surface area (Å²) in [5.74, 6) is 0.763. The van der Waals surface area contributed by atoms with E-state index in [1.165, 1.54) is 21.4 Å². The van der Waals surface area contributed by atoms with Crippen LogP contribution in [0.3, 0.4) is 0 Å². The maximum Gasteiger partial charge on any atom is 0.259 e. The second-order valence-electron chi connectivity index (χ2n) is 7.86. The van der Waals surface area contributed by atoms with Crippen molar-refractivity contribution in [3.05, 3.63) is 70.8 Å². The molecule has 6 heteroatoms. The highest BCUT2D eigenvalue weighted by molar-refractivity contribution is 6.09. The molecule has 0 radical (unpaired) electrons. The minimum absolute atomic E-state index is 0.0650. The van der Waals surface area contributed by atoms with E-state index in [0.29, 0.717) is 23.6 Å². The molecular weight excluding hydrogens is 392 g/mol. The first kappa shape index (κ1) is 20.7. The van der Waals surface area contributed by atoms with Crippen LogP contribution >= 0.6 is 0 Å². The SMILES string of the molecule is COc1cc(CNC(=O)c2ccc3c4c(cccc24)CC3)ccc1OCC(=O)N(C)C. The van der Waals surface area contributed by atoms with E-state index in [1.807, 2.05) is 30.3 Å². The van der Waals surface area contributed by atoms with Crippen LogP contribution in [0.25, 0.3) is 10.8 Å². The standard InChI is InChI=1S/C25H26N2O4/c1-27(2)23(28)15-31-21-12-7-16(13-22(21)30-3)14-26-25(29)20-11-10-18-9-8-17-5-4-6-19(20)24(17)18/h4-7,10-13H,8-9,14-15H2,1-3H3,(H,26,29). The number of methoxy groups -OCH3 is 1. The molecule has 0 saturated carbocycles. The summed E-state index contributed by atoms with van der Waals surface area (Å²) in [6.07, 6.45) is 2.07. The first-order valence-corrected chi connectivity index (χ1v) is 10.3. The molecule has 2 amide bonds. The zero-order valence-electron chi connectivity index (χ0n) is 18.0. The maximum atomic E-state index is 12.9. The fraction of sp³-hybridized carbons (Fsp3) is 0.280. The van der Waals surface area contributed by atoms with Gasteiger partial charge in [-0.05, 0) is 58.5 Å². The van der Waals surface area contributed by atoms with Gasteiger partial charge in [-0.15, -0.1) is 0 Å². The highest BCUT2D eigenvalue weighted by Crippen LogP contribution is 2.33. The molecule has 4 rings (SSSR count). The Hall–Kier alpha value is -3.54. The quantitative estimate of drug-likeness (QED) is 0.639. The van der Waals surface area contributed by atoms with Crippen LogP contribution in [-0.4, -0.2) is 44.5 Å². The first-order valence-electron chi connectivity index (χ1n) is 10.3. The van der Waals surface area contributed by atoms with Gasteiger partial charge < -0.3 is 19.7 Å². The van der Waals surface area contributed by atoms with Crippen LogP contribution in [0, 0.1) is 0 Å².